The Morgan fingerprint density at radius 3 is 2.50 bits per heavy atom. The summed E-state index contributed by atoms with van der Waals surface area (Å²) in [5.41, 5.74) is 2.03. The monoisotopic (exact) mass is 376 g/mol. The number of amides is 1. The van der Waals surface area contributed by atoms with Crippen LogP contribution in [-0.4, -0.2) is 10.9 Å². The maximum absolute atomic E-state index is 13.1. The van der Waals surface area contributed by atoms with Crippen molar-refractivity contribution in [2.24, 2.45) is 0 Å². The third kappa shape index (κ3) is 3.77. The van der Waals surface area contributed by atoms with Gasteiger partial charge in [-0.1, -0.05) is 42.5 Å². The lowest BCUT2D eigenvalue weighted by Crippen LogP contribution is -2.13. The van der Waals surface area contributed by atoms with E-state index in [9.17, 15) is 18.0 Å². The van der Waals surface area contributed by atoms with Gasteiger partial charge in [-0.3, -0.25) is 4.79 Å². The van der Waals surface area contributed by atoms with Crippen LogP contribution in [0.3, 0.4) is 0 Å². The standard InChI is InChI=1S/C19H15F3N2OS/c1-11-23-16(18(21)22)17(26-11)19(25)24-15-5-3-2-4-14(15)13-8-6-12(10-20)7-9-13/h2-9,18H,10H2,1H3,(H,24,25). The van der Waals surface area contributed by atoms with Crippen molar-refractivity contribution >= 4 is 22.9 Å². The van der Waals surface area contributed by atoms with Gasteiger partial charge in [0.25, 0.3) is 12.3 Å². The predicted octanol–water partition coefficient (Wildman–Crippen LogP) is 5.78. The second-order valence-corrected chi connectivity index (χ2v) is 6.78. The summed E-state index contributed by atoms with van der Waals surface area (Å²) in [6.07, 6.45) is -2.82. The molecule has 3 aromatic rings. The van der Waals surface area contributed by atoms with Crippen molar-refractivity contribution < 1.29 is 18.0 Å². The number of nitrogens with one attached hydrogen (secondary N) is 1. The summed E-state index contributed by atoms with van der Waals surface area (Å²) in [6, 6.07) is 13.8. The summed E-state index contributed by atoms with van der Waals surface area (Å²) in [5.74, 6) is -0.626. The van der Waals surface area contributed by atoms with E-state index in [0.717, 1.165) is 16.9 Å². The number of aromatic nitrogens is 1. The average Bonchev–Trinajstić information content (AvgIpc) is 3.05. The second kappa shape index (κ2) is 7.70. The third-order valence-corrected chi connectivity index (χ3v) is 4.75. The molecular formula is C19H15F3N2OS. The molecule has 0 aliphatic carbocycles. The molecule has 0 saturated heterocycles. The van der Waals surface area contributed by atoms with Crippen LogP contribution >= 0.6 is 11.3 Å². The highest BCUT2D eigenvalue weighted by atomic mass is 32.1. The number of halogens is 3. The van der Waals surface area contributed by atoms with Crippen LogP contribution in [0, 0.1) is 6.92 Å². The van der Waals surface area contributed by atoms with Crippen LogP contribution in [0.4, 0.5) is 18.9 Å². The van der Waals surface area contributed by atoms with Crippen molar-refractivity contribution in [3.8, 4) is 11.1 Å². The molecule has 0 fully saturated rings. The topological polar surface area (TPSA) is 42.0 Å². The lowest BCUT2D eigenvalue weighted by Gasteiger charge is -2.11. The van der Waals surface area contributed by atoms with Crippen LogP contribution in [0.25, 0.3) is 11.1 Å². The second-order valence-electron chi connectivity index (χ2n) is 5.58. The van der Waals surface area contributed by atoms with Gasteiger partial charge >= 0.3 is 0 Å². The maximum Gasteiger partial charge on any atom is 0.282 e. The molecule has 0 unspecified atom stereocenters. The summed E-state index contributed by atoms with van der Waals surface area (Å²) in [7, 11) is 0. The van der Waals surface area contributed by atoms with E-state index in [1.54, 1.807) is 55.5 Å². The molecule has 0 saturated carbocycles. The van der Waals surface area contributed by atoms with Gasteiger partial charge in [-0.2, -0.15) is 0 Å². The Kier molecular flexibility index (Phi) is 5.37. The molecule has 0 aliphatic heterocycles. The first-order valence-electron chi connectivity index (χ1n) is 7.80. The highest BCUT2D eigenvalue weighted by Crippen LogP contribution is 2.31. The Morgan fingerprint density at radius 1 is 1.15 bits per heavy atom. The van der Waals surface area contributed by atoms with Crippen LogP contribution in [0.5, 0.6) is 0 Å². The number of alkyl halides is 3. The van der Waals surface area contributed by atoms with Gasteiger partial charge in [0.2, 0.25) is 0 Å². The number of thiazole rings is 1. The molecule has 3 rings (SSSR count). The third-order valence-electron chi connectivity index (χ3n) is 3.77. The number of carbonyl (C=O) groups excluding carboxylic acids is 1. The zero-order valence-corrected chi connectivity index (χ0v) is 14.6. The number of para-hydroxylation sites is 1. The van der Waals surface area contributed by atoms with Crippen LogP contribution in [0.2, 0.25) is 0 Å². The Balaban J connectivity index is 1.92. The van der Waals surface area contributed by atoms with Crippen molar-refractivity contribution in [1.29, 1.82) is 0 Å². The van der Waals surface area contributed by atoms with E-state index in [1.165, 1.54) is 0 Å². The zero-order valence-electron chi connectivity index (χ0n) is 13.8. The smallest absolute Gasteiger partial charge is 0.282 e. The number of anilines is 1. The molecule has 3 nitrogen and oxygen atoms in total. The van der Waals surface area contributed by atoms with E-state index < -0.39 is 24.7 Å². The largest absolute Gasteiger partial charge is 0.321 e. The molecule has 0 radical (unpaired) electrons. The molecule has 7 heteroatoms. The van der Waals surface area contributed by atoms with Crippen LogP contribution < -0.4 is 5.32 Å². The summed E-state index contributed by atoms with van der Waals surface area (Å²) in [6.45, 7) is 1.02. The highest BCUT2D eigenvalue weighted by Gasteiger charge is 2.24. The molecule has 2 aromatic carbocycles. The number of rotatable bonds is 5. The Bertz CT molecular complexity index is 923. The van der Waals surface area contributed by atoms with Gasteiger partial charge < -0.3 is 5.32 Å². The van der Waals surface area contributed by atoms with E-state index >= 15 is 0 Å². The molecule has 1 heterocycles. The van der Waals surface area contributed by atoms with Gasteiger partial charge in [-0.25, -0.2) is 18.2 Å². The van der Waals surface area contributed by atoms with Gasteiger partial charge in [-0.05, 0) is 24.1 Å². The minimum Gasteiger partial charge on any atom is -0.321 e. The molecule has 0 spiro atoms. The number of benzene rings is 2. The number of hydrogen-bond donors (Lipinski definition) is 1. The minimum atomic E-state index is -2.82. The number of nitrogens with zero attached hydrogens (tertiary/aromatic N) is 1. The SMILES string of the molecule is Cc1nc(C(F)F)c(C(=O)Nc2ccccc2-c2ccc(CF)cc2)s1. The van der Waals surface area contributed by atoms with Gasteiger partial charge in [0.1, 0.15) is 17.2 Å². The Labute approximate surface area is 152 Å². The van der Waals surface area contributed by atoms with Gasteiger partial charge in [0.05, 0.1) is 5.01 Å². The zero-order chi connectivity index (χ0) is 18.7. The molecule has 1 N–H and O–H groups in total. The van der Waals surface area contributed by atoms with Crippen molar-refractivity contribution in [1.82, 2.24) is 4.98 Å². The molecule has 1 aromatic heterocycles. The first-order valence-corrected chi connectivity index (χ1v) is 8.62. The first kappa shape index (κ1) is 18.1. The molecule has 134 valence electrons. The van der Waals surface area contributed by atoms with E-state index in [2.05, 4.69) is 10.3 Å². The summed E-state index contributed by atoms with van der Waals surface area (Å²) < 4.78 is 38.9. The minimum absolute atomic E-state index is 0.0971. The van der Waals surface area contributed by atoms with Gasteiger partial charge in [0.15, 0.2) is 0 Å². The quantitative estimate of drug-likeness (QED) is 0.613. The Morgan fingerprint density at radius 2 is 1.85 bits per heavy atom. The lowest BCUT2D eigenvalue weighted by atomic mass is 10.0. The van der Waals surface area contributed by atoms with Crippen LogP contribution in [0.1, 0.15) is 32.4 Å². The van der Waals surface area contributed by atoms with Crippen molar-refractivity contribution in [3.63, 3.8) is 0 Å². The van der Waals surface area contributed by atoms with Crippen LogP contribution in [0.15, 0.2) is 48.5 Å². The molecule has 0 aliphatic rings. The van der Waals surface area contributed by atoms with Gasteiger partial charge in [-0.15, -0.1) is 11.3 Å². The van der Waals surface area contributed by atoms with Crippen molar-refractivity contribution in [3.05, 3.63) is 69.7 Å². The lowest BCUT2D eigenvalue weighted by molar-refractivity contribution is 0.101. The van der Waals surface area contributed by atoms with Crippen molar-refractivity contribution in [2.45, 2.75) is 20.0 Å². The first-order chi connectivity index (χ1) is 12.5. The maximum atomic E-state index is 13.1. The molecule has 0 bridgehead atoms. The summed E-state index contributed by atoms with van der Waals surface area (Å²) >= 11 is 0.932. The average molecular weight is 376 g/mol. The summed E-state index contributed by atoms with van der Waals surface area (Å²) in [5, 5.41) is 3.09. The molecule has 0 atom stereocenters. The summed E-state index contributed by atoms with van der Waals surface area (Å²) in [4.78, 5) is 16.2. The fourth-order valence-corrected chi connectivity index (χ4v) is 3.37. The number of aryl methyl sites for hydroxylation is 1. The highest BCUT2D eigenvalue weighted by molar-refractivity contribution is 7.13. The predicted molar refractivity (Wildman–Crippen MR) is 96.5 cm³/mol. The number of hydrogen-bond acceptors (Lipinski definition) is 3. The van der Waals surface area contributed by atoms with E-state index in [4.69, 9.17) is 0 Å². The molecule has 26 heavy (non-hydrogen) atoms. The Hall–Kier alpha value is -2.67. The van der Waals surface area contributed by atoms with E-state index in [0.29, 0.717) is 21.8 Å². The van der Waals surface area contributed by atoms with Crippen molar-refractivity contribution in [2.75, 3.05) is 5.32 Å². The number of carbonyl (C=O) groups is 1. The van der Waals surface area contributed by atoms with Gasteiger partial charge in [0, 0.05) is 11.3 Å². The fraction of sp³-hybridized carbons (Fsp3) is 0.158. The van der Waals surface area contributed by atoms with E-state index in [-0.39, 0.29) is 4.88 Å². The molecule has 1 amide bonds. The molecular weight excluding hydrogens is 361 g/mol. The van der Waals surface area contributed by atoms with E-state index in [1.807, 2.05) is 0 Å². The normalized spacial score (nSPS) is 11.0. The van der Waals surface area contributed by atoms with Crippen LogP contribution in [-0.2, 0) is 6.67 Å². The fourth-order valence-electron chi connectivity index (χ4n) is 2.55.